The second kappa shape index (κ2) is 8.54. The lowest BCUT2D eigenvalue weighted by Crippen LogP contribution is -2.45. The third kappa shape index (κ3) is 4.92. The fourth-order valence-electron chi connectivity index (χ4n) is 2.90. The first-order valence-corrected chi connectivity index (χ1v) is 6.40. The first-order chi connectivity index (χ1) is 7.35. The maximum Gasteiger partial charge on any atom is 0.0499 e. The Kier molecular flexibility index (Phi) is 8.77. The molecule has 0 atom stereocenters. The lowest BCUT2D eigenvalue weighted by atomic mass is 9.86. The fraction of sp³-hybridized carbons (Fsp3) is 1.00. The summed E-state index contributed by atoms with van der Waals surface area (Å²) >= 11 is 0. The molecule has 5 heteroatoms. The van der Waals surface area contributed by atoms with Crippen LogP contribution in [-0.4, -0.2) is 37.4 Å². The third-order valence-electron chi connectivity index (χ3n) is 4.10. The first kappa shape index (κ1) is 17.5. The molecule has 0 aromatic rings. The van der Waals surface area contributed by atoms with Crippen LogP contribution in [0.4, 0.5) is 0 Å². The second-order valence-corrected chi connectivity index (χ2v) is 5.27. The SMILES string of the molecule is Cl.Cl.OCC1(CNC2CCNCC2)CCCC1. The summed E-state index contributed by atoms with van der Waals surface area (Å²) in [6, 6.07) is 0.676. The van der Waals surface area contributed by atoms with E-state index < -0.39 is 0 Å². The van der Waals surface area contributed by atoms with Gasteiger partial charge in [-0.15, -0.1) is 24.8 Å². The van der Waals surface area contributed by atoms with Gasteiger partial charge < -0.3 is 15.7 Å². The largest absolute Gasteiger partial charge is 0.396 e. The van der Waals surface area contributed by atoms with Gasteiger partial charge in [-0.05, 0) is 38.8 Å². The van der Waals surface area contributed by atoms with Gasteiger partial charge in [-0.1, -0.05) is 12.8 Å². The van der Waals surface area contributed by atoms with Crippen LogP contribution in [0, 0.1) is 5.41 Å². The molecule has 0 unspecified atom stereocenters. The van der Waals surface area contributed by atoms with Crippen molar-refractivity contribution in [2.24, 2.45) is 5.41 Å². The molecule has 1 saturated carbocycles. The minimum atomic E-state index is 0. The van der Waals surface area contributed by atoms with Crippen molar-refractivity contribution in [2.75, 3.05) is 26.2 Å². The molecule has 1 aliphatic carbocycles. The Labute approximate surface area is 117 Å². The summed E-state index contributed by atoms with van der Waals surface area (Å²) in [6.45, 7) is 3.67. The lowest BCUT2D eigenvalue weighted by Gasteiger charge is -2.31. The number of aliphatic hydroxyl groups excluding tert-OH is 1. The van der Waals surface area contributed by atoms with E-state index in [1.165, 1.54) is 38.5 Å². The number of hydrogen-bond donors (Lipinski definition) is 3. The molecule has 0 aromatic carbocycles. The van der Waals surface area contributed by atoms with Crippen molar-refractivity contribution in [3.63, 3.8) is 0 Å². The van der Waals surface area contributed by atoms with Gasteiger partial charge in [0.25, 0.3) is 0 Å². The molecule has 2 aliphatic rings. The maximum absolute atomic E-state index is 9.49. The number of halogens is 2. The molecule has 1 saturated heterocycles. The summed E-state index contributed by atoms with van der Waals surface area (Å²) in [5.41, 5.74) is 0.213. The van der Waals surface area contributed by atoms with E-state index in [1.807, 2.05) is 0 Å². The van der Waals surface area contributed by atoms with Crippen molar-refractivity contribution in [3.8, 4) is 0 Å². The van der Waals surface area contributed by atoms with E-state index in [-0.39, 0.29) is 30.2 Å². The van der Waals surface area contributed by atoms with Crippen LogP contribution in [0.1, 0.15) is 38.5 Å². The Bertz CT molecular complexity index is 193. The van der Waals surface area contributed by atoms with Gasteiger partial charge in [0.2, 0.25) is 0 Å². The van der Waals surface area contributed by atoms with Crippen LogP contribution in [-0.2, 0) is 0 Å². The molecular formula is C12H26Cl2N2O. The van der Waals surface area contributed by atoms with Crippen LogP contribution in [0.25, 0.3) is 0 Å². The average molecular weight is 285 g/mol. The highest BCUT2D eigenvalue weighted by molar-refractivity contribution is 5.85. The molecular weight excluding hydrogens is 259 g/mol. The highest BCUT2D eigenvalue weighted by Gasteiger charge is 2.33. The minimum Gasteiger partial charge on any atom is -0.396 e. The van der Waals surface area contributed by atoms with Crippen molar-refractivity contribution in [2.45, 2.75) is 44.6 Å². The number of nitrogens with one attached hydrogen (secondary N) is 2. The standard InChI is InChI=1S/C12H24N2O.2ClH/c15-10-12(5-1-2-6-12)9-14-11-3-7-13-8-4-11;;/h11,13-15H,1-10H2;2*1H. The monoisotopic (exact) mass is 284 g/mol. The Morgan fingerprint density at radius 2 is 1.71 bits per heavy atom. The zero-order chi connectivity index (χ0) is 10.6. The molecule has 2 rings (SSSR count). The second-order valence-electron chi connectivity index (χ2n) is 5.27. The molecule has 0 bridgehead atoms. The smallest absolute Gasteiger partial charge is 0.0499 e. The van der Waals surface area contributed by atoms with E-state index in [0.717, 1.165) is 19.6 Å². The summed E-state index contributed by atoms with van der Waals surface area (Å²) in [5.74, 6) is 0. The van der Waals surface area contributed by atoms with Crippen molar-refractivity contribution in [3.05, 3.63) is 0 Å². The fourth-order valence-corrected chi connectivity index (χ4v) is 2.90. The van der Waals surface area contributed by atoms with Gasteiger partial charge >= 0.3 is 0 Å². The number of rotatable bonds is 4. The Balaban J connectivity index is 0.00000128. The minimum absolute atomic E-state index is 0. The summed E-state index contributed by atoms with van der Waals surface area (Å²) in [7, 11) is 0. The molecule has 2 fully saturated rings. The average Bonchev–Trinajstić information content (AvgIpc) is 2.77. The van der Waals surface area contributed by atoms with E-state index in [9.17, 15) is 5.11 Å². The predicted molar refractivity (Wildman–Crippen MR) is 76.4 cm³/mol. The maximum atomic E-state index is 9.49. The van der Waals surface area contributed by atoms with Crippen molar-refractivity contribution in [1.82, 2.24) is 10.6 Å². The van der Waals surface area contributed by atoms with E-state index >= 15 is 0 Å². The van der Waals surface area contributed by atoms with E-state index in [4.69, 9.17) is 0 Å². The van der Waals surface area contributed by atoms with Crippen molar-refractivity contribution >= 4 is 24.8 Å². The van der Waals surface area contributed by atoms with Crippen LogP contribution in [0.5, 0.6) is 0 Å². The van der Waals surface area contributed by atoms with Gasteiger partial charge in [0, 0.05) is 24.6 Å². The summed E-state index contributed by atoms with van der Waals surface area (Å²) in [4.78, 5) is 0. The molecule has 3 nitrogen and oxygen atoms in total. The van der Waals surface area contributed by atoms with Gasteiger partial charge in [0.05, 0.1) is 0 Å². The summed E-state index contributed by atoms with van der Waals surface area (Å²) < 4.78 is 0. The molecule has 0 aromatic heterocycles. The third-order valence-corrected chi connectivity index (χ3v) is 4.10. The molecule has 17 heavy (non-hydrogen) atoms. The van der Waals surface area contributed by atoms with Gasteiger partial charge in [-0.3, -0.25) is 0 Å². The highest BCUT2D eigenvalue weighted by Crippen LogP contribution is 2.37. The Morgan fingerprint density at radius 1 is 1.12 bits per heavy atom. The Morgan fingerprint density at radius 3 is 2.24 bits per heavy atom. The van der Waals surface area contributed by atoms with Crippen LogP contribution >= 0.6 is 24.8 Å². The van der Waals surface area contributed by atoms with Crippen LogP contribution < -0.4 is 10.6 Å². The zero-order valence-electron chi connectivity index (χ0n) is 10.4. The first-order valence-electron chi connectivity index (χ1n) is 6.40. The van der Waals surface area contributed by atoms with Crippen LogP contribution in [0.15, 0.2) is 0 Å². The number of piperidine rings is 1. The van der Waals surface area contributed by atoms with E-state index in [1.54, 1.807) is 0 Å². The predicted octanol–water partition coefficient (Wildman–Crippen LogP) is 1.72. The normalized spacial score (nSPS) is 23.8. The molecule has 1 heterocycles. The number of aliphatic hydroxyl groups is 1. The number of hydrogen-bond acceptors (Lipinski definition) is 3. The van der Waals surface area contributed by atoms with E-state index in [2.05, 4.69) is 10.6 Å². The van der Waals surface area contributed by atoms with Gasteiger partial charge in [0.15, 0.2) is 0 Å². The van der Waals surface area contributed by atoms with E-state index in [0.29, 0.717) is 12.6 Å². The topological polar surface area (TPSA) is 44.3 Å². The quantitative estimate of drug-likeness (QED) is 0.737. The molecule has 0 amide bonds. The van der Waals surface area contributed by atoms with Crippen LogP contribution in [0.2, 0.25) is 0 Å². The molecule has 0 radical (unpaired) electrons. The van der Waals surface area contributed by atoms with Gasteiger partial charge in [-0.25, -0.2) is 0 Å². The lowest BCUT2D eigenvalue weighted by molar-refractivity contribution is 0.122. The highest BCUT2D eigenvalue weighted by atomic mass is 35.5. The zero-order valence-corrected chi connectivity index (χ0v) is 12.0. The summed E-state index contributed by atoms with van der Waals surface area (Å²) in [5, 5.41) is 16.5. The van der Waals surface area contributed by atoms with Crippen LogP contribution in [0.3, 0.4) is 0 Å². The molecule has 104 valence electrons. The Hall–Kier alpha value is 0.460. The molecule has 1 aliphatic heterocycles. The van der Waals surface area contributed by atoms with Gasteiger partial charge in [0.1, 0.15) is 0 Å². The molecule has 3 N–H and O–H groups in total. The molecule has 0 spiro atoms. The van der Waals surface area contributed by atoms with Crippen molar-refractivity contribution in [1.29, 1.82) is 0 Å². The summed E-state index contributed by atoms with van der Waals surface area (Å²) in [6.07, 6.45) is 7.49. The van der Waals surface area contributed by atoms with Gasteiger partial charge in [-0.2, -0.15) is 0 Å². The van der Waals surface area contributed by atoms with Crippen molar-refractivity contribution < 1.29 is 5.11 Å².